The zero-order valence-corrected chi connectivity index (χ0v) is 10.8. The number of aliphatic hydroxyl groups excluding tert-OH is 1. The van der Waals surface area contributed by atoms with Gasteiger partial charge in [-0.2, -0.15) is 0 Å². The summed E-state index contributed by atoms with van der Waals surface area (Å²) >= 11 is 0. The van der Waals surface area contributed by atoms with E-state index < -0.39 is 6.10 Å². The summed E-state index contributed by atoms with van der Waals surface area (Å²) in [6, 6.07) is 2.08. The summed E-state index contributed by atoms with van der Waals surface area (Å²) in [4.78, 5) is 0. The molecule has 0 saturated carbocycles. The second-order valence-corrected chi connectivity index (χ2v) is 4.92. The fraction of sp³-hybridized carbons (Fsp3) is 0.692. The molecule has 1 rings (SSSR count). The first kappa shape index (κ1) is 13.3. The third kappa shape index (κ3) is 2.86. The summed E-state index contributed by atoms with van der Waals surface area (Å²) in [6.07, 6.45) is 0.212. The topological polar surface area (TPSA) is 51.2 Å². The van der Waals surface area contributed by atoms with Gasteiger partial charge in [-0.05, 0) is 38.8 Å². The third-order valence-electron chi connectivity index (χ3n) is 2.96. The maximum Gasteiger partial charge on any atom is 0.0819 e. The lowest BCUT2D eigenvalue weighted by atomic mass is 10.1. The molecule has 0 aliphatic heterocycles. The highest BCUT2D eigenvalue weighted by molar-refractivity contribution is 5.28. The van der Waals surface area contributed by atoms with E-state index in [2.05, 4.69) is 38.3 Å². The second-order valence-electron chi connectivity index (χ2n) is 4.92. The summed E-state index contributed by atoms with van der Waals surface area (Å²) in [5.74, 6) is 0.615. The molecule has 1 aromatic rings. The van der Waals surface area contributed by atoms with Gasteiger partial charge in [-0.1, -0.05) is 13.8 Å². The van der Waals surface area contributed by atoms with Gasteiger partial charge in [-0.3, -0.25) is 0 Å². The normalized spacial score (nSPS) is 13.4. The summed E-state index contributed by atoms with van der Waals surface area (Å²) in [5.41, 5.74) is 8.90. The average Bonchev–Trinajstić information content (AvgIpc) is 2.45. The van der Waals surface area contributed by atoms with E-state index in [4.69, 9.17) is 5.73 Å². The Kier molecular flexibility index (Phi) is 4.56. The lowest BCUT2D eigenvalue weighted by Crippen LogP contribution is -2.10. The van der Waals surface area contributed by atoms with Crippen molar-refractivity contribution in [2.75, 3.05) is 6.54 Å². The largest absolute Gasteiger partial charge is 0.388 e. The van der Waals surface area contributed by atoms with E-state index >= 15 is 0 Å². The minimum absolute atomic E-state index is 0.419. The van der Waals surface area contributed by atoms with Crippen LogP contribution in [-0.2, 0) is 6.54 Å². The van der Waals surface area contributed by atoms with Crippen molar-refractivity contribution >= 4 is 0 Å². The SMILES string of the molecule is Cc1cc([C@@H](O)CCN)c(C)n1CC(C)C. The third-order valence-corrected chi connectivity index (χ3v) is 2.96. The van der Waals surface area contributed by atoms with E-state index in [0.29, 0.717) is 18.9 Å². The predicted octanol–water partition coefficient (Wildman–Crippen LogP) is 2.14. The minimum atomic E-state index is -0.419. The Balaban J connectivity index is 2.96. The molecule has 1 heterocycles. The number of hydrogen-bond acceptors (Lipinski definition) is 2. The van der Waals surface area contributed by atoms with Crippen molar-refractivity contribution in [1.29, 1.82) is 0 Å². The predicted molar refractivity (Wildman–Crippen MR) is 67.4 cm³/mol. The monoisotopic (exact) mass is 224 g/mol. The Labute approximate surface area is 98.3 Å². The number of nitrogens with zero attached hydrogens (tertiary/aromatic N) is 1. The fourth-order valence-corrected chi connectivity index (χ4v) is 2.12. The van der Waals surface area contributed by atoms with Crippen LogP contribution in [0.4, 0.5) is 0 Å². The Morgan fingerprint density at radius 1 is 1.38 bits per heavy atom. The van der Waals surface area contributed by atoms with Crippen molar-refractivity contribution in [3.05, 3.63) is 23.0 Å². The van der Waals surface area contributed by atoms with E-state index in [1.165, 1.54) is 11.4 Å². The summed E-state index contributed by atoms with van der Waals surface area (Å²) in [7, 11) is 0. The van der Waals surface area contributed by atoms with Crippen LogP contribution in [0.5, 0.6) is 0 Å². The zero-order chi connectivity index (χ0) is 12.3. The Morgan fingerprint density at radius 3 is 2.50 bits per heavy atom. The smallest absolute Gasteiger partial charge is 0.0819 e. The van der Waals surface area contributed by atoms with Gasteiger partial charge in [0.15, 0.2) is 0 Å². The molecule has 1 aromatic heterocycles. The molecule has 0 aliphatic rings. The lowest BCUT2D eigenvalue weighted by Gasteiger charge is -2.14. The number of aromatic nitrogens is 1. The van der Waals surface area contributed by atoms with Crippen LogP contribution in [0.2, 0.25) is 0 Å². The number of aryl methyl sites for hydroxylation is 1. The van der Waals surface area contributed by atoms with Crippen molar-refractivity contribution in [2.45, 2.75) is 46.8 Å². The number of nitrogens with two attached hydrogens (primary N) is 1. The summed E-state index contributed by atoms with van der Waals surface area (Å²) in [6.45, 7) is 10.1. The quantitative estimate of drug-likeness (QED) is 0.805. The molecule has 3 N–H and O–H groups in total. The molecule has 16 heavy (non-hydrogen) atoms. The van der Waals surface area contributed by atoms with Crippen molar-refractivity contribution < 1.29 is 5.11 Å². The Hall–Kier alpha value is -0.800. The standard InChI is InChI=1S/C13H24N2O/c1-9(2)8-15-10(3)7-12(11(15)4)13(16)5-6-14/h7,9,13,16H,5-6,8,14H2,1-4H3/t13-/m0/s1. The molecule has 0 bridgehead atoms. The van der Waals surface area contributed by atoms with Crippen LogP contribution in [0.15, 0.2) is 6.07 Å². The van der Waals surface area contributed by atoms with E-state index in [1.807, 2.05) is 0 Å². The van der Waals surface area contributed by atoms with Crippen molar-refractivity contribution in [1.82, 2.24) is 4.57 Å². The molecule has 3 nitrogen and oxygen atoms in total. The summed E-state index contributed by atoms with van der Waals surface area (Å²) in [5, 5.41) is 9.98. The molecular formula is C13H24N2O. The van der Waals surface area contributed by atoms with Gasteiger partial charge in [0.2, 0.25) is 0 Å². The van der Waals surface area contributed by atoms with Crippen LogP contribution in [0.25, 0.3) is 0 Å². The van der Waals surface area contributed by atoms with Crippen molar-refractivity contribution in [2.24, 2.45) is 11.7 Å². The van der Waals surface area contributed by atoms with Crippen LogP contribution in [0, 0.1) is 19.8 Å². The van der Waals surface area contributed by atoms with Gasteiger partial charge < -0.3 is 15.4 Å². The second kappa shape index (κ2) is 5.51. The fourth-order valence-electron chi connectivity index (χ4n) is 2.12. The number of hydrogen-bond donors (Lipinski definition) is 2. The molecule has 1 atom stereocenters. The van der Waals surface area contributed by atoms with Crippen LogP contribution < -0.4 is 5.73 Å². The van der Waals surface area contributed by atoms with Gasteiger partial charge in [0, 0.05) is 23.5 Å². The zero-order valence-electron chi connectivity index (χ0n) is 10.8. The molecule has 0 spiro atoms. The first-order valence-corrected chi connectivity index (χ1v) is 6.02. The Morgan fingerprint density at radius 2 is 2.00 bits per heavy atom. The summed E-state index contributed by atoms with van der Waals surface area (Å²) < 4.78 is 2.28. The Bertz CT molecular complexity index is 342. The van der Waals surface area contributed by atoms with Gasteiger partial charge in [0.1, 0.15) is 0 Å². The molecule has 0 saturated heterocycles. The highest BCUT2D eigenvalue weighted by atomic mass is 16.3. The molecule has 0 aromatic carbocycles. The molecule has 0 fully saturated rings. The van der Waals surface area contributed by atoms with Crippen LogP contribution in [0.1, 0.15) is 43.3 Å². The van der Waals surface area contributed by atoms with Crippen LogP contribution >= 0.6 is 0 Å². The highest BCUT2D eigenvalue weighted by Gasteiger charge is 2.15. The molecular weight excluding hydrogens is 200 g/mol. The first-order chi connectivity index (χ1) is 7.47. The maximum atomic E-state index is 9.98. The van der Waals surface area contributed by atoms with Crippen LogP contribution in [0.3, 0.4) is 0 Å². The molecule has 3 heteroatoms. The molecule has 0 amide bonds. The highest BCUT2D eigenvalue weighted by Crippen LogP contribution is 2.24. The van der Waals surface area contributed by atoms with Gasteiger partial charge in [0.05, 0.1) is 6.10 Å². The number of aliphatic hydroxyl groups is 1. The van der Waals surface area contributed by atoms with Crippen molar-refractivity contribution in [3.8, 4) is 0 Å². The van der Waals surface area contributed by atoms with E-state index in [9.17, 15) is 5.11 Å². The van der Waals surface area contributed by atoms with E-state index in [1.54, 1.807) is 0 Å². The van der Waals surface area contributed by atoms with Crippen LogP contribution in [-0.4, -0.2) is 16.2 Å². The minimum Gasteiger partial charge on any atom is -0.388 e. The molecule has 0 unspecified atom stereocenters. The van der Waals surface area contributed by atoms with Gasteiger partial charge >= 0.3 is 0 Å². The number of rotatable bonds is 5. The van der Waals surface area contributed by atoms with E-state index in [0.717, 1.165) is 12.1 Å². The van der Waals surface area contributed by atoms with E-state index in [-0.39, 0.29) is 0 Å². The molecule has 0 radical (unpaired) electrons. The molecule has 92 valence electrons. The van der Waals surface area contributed by atoms with Crippen molar-refractivity contribution in [3.63, 3.8) is 0 Å². The molecule has 0 aliphatic carbocycles. The van der Waals surface area contributed by atoms with Gasteiger partial charge in [-0.25, -0.2) is 0 Å². The maximum absolute atomic E-state index is 9.98. The van der Waals surface area contributed by atoms with Gasteiger partial charge in [0.25, 0.3) is 0 Å². The first-order valence-electron chi connectivity index (χ1n) is 6.02. The lowest BCUT2D eigenvalue weighted by molar-refractivity contribution is 0.169. The average molecular weight is 224 g/mol. The van der Waals surface area contributed by atoms with Gasteiger partial charge in [-0.15, -0.1) is 0 Å².